The maximum Gasteiger partial charge on any atom is 0.164 e. The summed E-state index contributed by atoms with van der Waals surface area (Å²) in [5.41, 5.74) is 3.83. The molecule has 0 aliphatic rings. The minimum atomic E-state index is -2.07. The van der Waals surface area contributed by atoms with Crippen LogP contribution >= 0.6 is 0 Å². The van der Waals surface area contributed by atoms with Crippen molar-refractivity contribution in [2.24, 2.45) is 10.8 Å². The fourth-order valence-corrected chi connectivity index (χ4v) is 7.10. The molecule has 1 heterocycles. The number of hydrogen-bond donors (Lipinski definition) is 1. The summed E-state index contributed by atoms with van der Waals surface area (Å²) < 4.78 is 16.2. The van der Waals surface area contributed by atoms with E-state index in [1.165, 1.54) is 21.4 Å². The normalized spacial score (nSPS) is 12.4. The molecule has 0 saturated carbocycles. The first-order valence-corrected chi connectivity index (χ1v) is 23.4. The molecule has 0 fully saturated rings. The third-order valence-corrected chi connectivity index (χ3v) is 13.3. The van der Waals surface area contributed by atoms with Crippen LogP contribution in [0.4, 0.5) is 4.39 Å². The summed E-state index contributed by atoms with van der Waals surface area (Å²) >= 11 is -2.07. The number of hydrogen-bond acceptors (Lipinski definition) is 3. The maximum absolute atomic E-state index is 15.0. The number of aliphatic hydroxyl groups is 1. The number of benzene rings is 3. The third kappa shape index (κ3) is 9.72. The molecular weight excluding hydrogens is 810 g/mol. The van der Waals surface area contributed by atoms with E-state index in [0.717, 1.165) is 35.0 Å². The summed E-state index contributed by atoms with van der Waals surface area (Å²) in [7, 11) is 0. The van der Waals surface area contributed by atoms with Crippen LogP contribution in [0.1, 0.15) is 79.7 Å². The zero-order chi connectivity index (χ0) is 33.7. The van der Waals surface area contributed by atoms with Gasteiger partial charge in [-0.05, 0) is 12.8 Å². The summed E-state index contributed by atoms with van der Waals surface area (Å²) in [6.45, 7) is 16.1. The van der Waals surface area contributed by atoms with Crippen LogP contribution in [0.25, 0.3) is 33.2 Å². The number of nitrogens with zero attached hydrogens (tertiary/aromatic N) is 1. The molecule has 0 bridgehead atoms. The first-order chi connectivity index (χ1) is 20.9. The molecule has 0 aliphatic carbocycles. The molecule has 0 spiro atoms. The number of halogens is 1. The molecule has 0 atom stereocenters. The van der Waals surface area contributed by atoms with E-state index in [2.05, 4.69) is 72.5 Å². The van der Waals surface area contributed by atoms with E-state index in [4.69, 9.17) is 0 Å². The SMILES string of the molecule is CC(C)c1cc(-c2cc(-c3cc[c]([Ge]([CH3])([CH3])[CH3])cc3F)ccn2)[c-]c2ccccc12.CCC(C)(C)C(=O)/C=C(\O)C(C)(C)CC.[Ir]. The van der Waals surface area contributed by atoms with E-state index in [0.29, 0.717) is 11.5 Å². The van der Waals surface area contributed by atoms with Crippen LogP contribution in [-0.4, -0.2) is 29.1 Å². The number of pyridine rings is 1. The molecular formula is C40H51FGeIrNO2-. The Morgan fingerprint density at radius 1 is 0.957 bits per heavy atom. The van der Waals surface area contributed by atoms with Crippen molar-refractivity contribution in [3.8, 4) is 22.4 Å². The average molecular weight is 862 g/mol. The number of ketones is 1. The van der Waals surface area contributed by atoms with E-state index in [-0.39, 0.29) is 48.3 Å². The summed E-state index contributed by atoms with van der Waals surface area (Å²) in [6, 6.07) is 23.6. The molecule has 0 saturated heterocycles. The number of fused-ring (bicyclic) bond motifs is 1. The monoisotopic (exact) mass is 863 g/mol. The van der Waals surface area contributed by atoms with Crippen molar-refractivity contribution < 1.29 is 34.4 Å². The molecule has 6 heteroatoms. The van der Waals surface area contributed by atoms with Gasteiger partial charge in [0, 0.05) is 37.0 Å². The molecule has 4 rings (SSSR count). The van der Waals surface area contributed by atoms with Crippen LogP contribution in [0.2, 0.25) is 17.3 Å². The Bertz CT molecular complexity index is 1680. The van der Waals surface area contributed by atoms with Gasteiger partial charge in [-0.15, -0.1) is 0 Å². The van der Waals surface area contributed by atoms with Crippen LogP contribution in [-0.2, 0) is 24.9 Å². The molecule has 1 aromatic heterocycles. The van der Waals surface area contributed by atoms with E-state index < -0.39 is 13.3 Å². The van der Waals surface area contributed by atoms with Crippen molar-refractivity contribution in [3.63, 3.8) is 0 Å². The third-order valence-electron chi connectivity index (χ3n) is 9.01. The maximum atomic E-state index is 15.0. The number of aromatic nitrogens is 1. The standard InChI is InChI=1S/C27H27FGeN.C13H24O2.Ir/c1-18(2)25-15-21(14-19-8-6-7-9-23(19)25)27-16-20(12-13-30-27)24-11-10-22(17-26(24)28)29(3,4)5;1-7-12(3,4)10(14)9-11(15)13(5,6)8-2;/h6-13,15-18H,1-5H3;9,14H,7-8H2,1-6H3;/q-1;;/b;10-9-;. The quantitative estimate of drug-likeness (QED) is 0.0789. The van der Waals surface area contributed by atoms with Crippen LogP contribution < -0.4 is 4.40 Å². The van der Waals surface area contributed by atoms with Gasteiger partial charge in [0.2, 0.25) is 0 Å². The van der Waals surface area contributed by atoms with Gasteiger partial charge in [-0.2, -0.15) is 0 Å². The summed E-state index contributed by atoms with van der Waals surface area (Å²) in [6.07, 6.45) is 4.75. The predicted octanol–water partition coefficient (Wildman–Crippen LogP) is 11.0. The van der Waals surface area contributed by atoms with Crippen molar-refractivity contribution in [3.05, 3.63) is 96.1 Å². The molecule has 0 amide bonds. The van der Waals surface area contributed by atoms with E-state index >= 15 is 0 Å². The Kier molecular flexibility index (Phi) is 13.8. The minimum Gasteiger partial charge on any atom is -0.512 e. The zero-order valence-electron chi connectivity index (χ0n) is 29.4. The van der Waals surface area contributed by atoms with E-state index in [9.17, 15) is 14.3 Å². The topological polar surface area (TPSA) is 50.2 Å². The summed E-state index contributed by atoms with van der Waals surface area (Å²) in [4.78, 5) is 16.4. The number of rotatable bonds is 9. The second-order valence-electron chi connectivity index (χ2n) is 14.6. The predicted molar refractivity (Wildman–Crippen MR) is 192 cm³/mol. The fraction of sp³-hybridized carbons (Fsp3) is 0.400. The summed E-state index contributed by atoms with van der Waals surface area (Å²) in [5.74, 6) is 7.26. The van der Waals surface area contributed by atoms with Crippen molar-refractivity contribution in [1.29, 1.82) is 0 Å². The van der Waals surface area contributed by atoms with Gasteiger partial charge in [-0.1, -0.05) is 47.6 Å². The van der Waals surface area contributed by atoms with Crippen LogP contribution in [0.15, 0.2) is 78.7 Å². The Morgan fingerprint density at radius 3 is 2.15 bits per heavy atom. The van der Waals surface area contributed by atoms with Crippen molar-refractivity contribution in [2.45, 2.75) is 91.4 Å². The van der Waals surface area contributed by atoms with Gasteiger partial charge in [0.05, 0.1) is 0 Å². The van der Waals surface area contributed by atoms with Gasteiger partial charge in [0.25, 0.3) is 0 Å². The minimum absolute atomic E-state index is 0. The Labute approximate surface area is 292 Å². The van der Waals surface area contributed by atoms with Gasteiger partial charge < -0.3 is 5.11 Å². The first kappa shape index (κ1) is 39.6. The Balaban J connectivity index is 0.000000394. The molecule has 46 heavy (non-hydrogen) atoms. The van der Waals surface area contributed by atoms with Gasteiger partial charge in [-0.25, -0.2) is 0 Å². The van der Waals surface area contributed by atoms with Gasteiger partial charge in [-0.3, -0.25) is 4.79 Å². The molecule has 249 valence electrons. The van der Waals surface area contributed by atoms with Gasteiger partial charge in [0.1, 0.15) is 5.76 Å². The van der Waals surface area contributed by atoms with Crippen molar-refractivity contribution >= 4 is 34.2 Å². The second-order valence-corrected chi connectivity index (χ2v) is 25.2. The number of carbonyl (C=O) groups is 1. The molecule has 1 radical (unpaired) electrons. The zero-order valence-corrected chi connectivity index (χ0v) is 33.9. The molecule has 3 aromatic carbocycles. The molecule has 4 aromatic rings. The largest absolute Gasteiger partial charge is 0.512 e. The van der Waals surface area contributed by atoms with Crippen molar-refractivity contribution in [1.82, 2.24) is 4.98 Å². The van der Waals surface area contributed by atoms with E-state index in [1.807, 2.05) is 65.8 Å². The number of carbonyl (C=O) groups excluding carboxylic acids is 1. The van der Waals surface area contributed by atoms with Crippen LogP contribution in [0.5, 0.6) is 0 Å². The molecule has 3 nitrogen and oxygen atoms in total. The summed E-state index contributed by atoms with van der Waals surface area (Å²) in [5, 5.41) is 12.2. The average Bonchev–Trinajstić information content (AvgIpc) is 3.00. The van der Waals surface area contributed by atoms with Gasteiger partial charge >= 0.3 is 175 Å². The molecule has 0 unspecified atom stereocenters. The smallest absolute Gasteiger partial charge is 0.164 e. The second kappa shape index (κ2) is 16.0. The fourth-order valence-electron chi connectivity index (χ4n) is 4.71. The Hall–Kier alpha value is -2.60. The number of aliphatic hydroxyl groups excluding tert-OH is 1. The molecule has 0 aliphatic heterocycles. The van der Waals surface area contributed by atoms with Crippen LogP contribution in [0.3, 0.4) is 0 Å². The van der Waals surface area contributed by atoms with Crippen LogP contribution in [0, 0.1) is 22.7 Å². The Morgan fingerprint density at radius 2 is 1.59 bits per heavy atom. The number of allylic oxidation sites excluding steroid dienone is 2. The molecule has 1 N–H and O–H groups in total. The first-order valence-electron chi connectivity index (χ1n) is 16.1. The van der Waals surface area contributed by atoms with Crippen molar-refractivity contribution in [2.75, 3.05) is 0 Å². The van der Waals surface area contributed by atoms with E-state index in [1.54, 1.807) is 12.3 Å². The van der Waals surface area contributed by atoms with Gasteiger partial charge in [0.15, 0.2) is 5.78 Å².